The molecule has 0 atom stereocenters. The molecule has 134 valence electrons. The summed E-state index contributed by atoms with van der Waals surface area (Å²) >= 11 is 8.57. The molecule has 26 heavy (non-hydrogen) atoms. The van der Waals surface area contributed by atoms with E-state index in [2.05, 4.69) is 31.2 Å². The Hall–Kier alpha value is -2.32. The summed E-state index contributed by atoms with van der Waals surface area (Å²) in [6, 6.07) is 12.1. The van der Waals surface area contributed by atoms with Crippen molar-refractivity contribution in [3.8, 4) is 17.1 Å². The summed E-state index contributed by atoms with van der Waals surface area (Å²) in [5.74, 6) is 0.858. The molecule has 3 rings (SSSR count). The van der Waals surface area contributed by atoms with Crippen LogP contribution in [0.4, 0.5) is 4.39 Å². The zero-order chi connectivity index (χ0) is 18.7. The second-order valence-corrected chi connectivity index (χ2v) is 7.07. The number of nitrogens with zero attached hydrogens (tertiary/aromatic N) is 3. The molecule has 0 aliphatic carbocycles. The Bertz CT molecular complexity index is 1010. The van der Waals surface area contributed by atoms with Crippen molar-refractivity contribution in [2.24, 2.45) is 5.10 Å². The average Bonchev–Trinajstić information content (AvgIpc) is 2.96. The summed E-state index contributed by atoms with van der Waals surface area (Å²) in [6.07, 6.45) is 1.47. The van der Waals surface area contributed by atoms with Crippen molar-refractivity contribution >= 4 is 34.4 Å². The van der Waals surface area contributed by atoms with E-state index in [1.165, 1.54) is 17.0 Å². The zero-order valence-corrected chi connectivity index (χ0v) is 16.5. The van der Waals surface area contributed by atoms with E-state index in [9.17, 15) is 4.39 Å². The van der Waals surface area contributed by atoms with Crippen molar-refractivity contribution in [3.05, 3.63) is 63.1 Å². The SMILES string of the molecule is CC(C)Oc1cccc(-c2n[nH]c(=S)n2N=Cc2cc(Br)ccc2F)c1. The second kappa shape index (κ2) is 7.92. The van der Waals surface area contributed by atoms with E-state index in [0.29, 0.717) is 16.2 Å². The van der Waals surface area contributed by atoms with Gasteiger partial charge in [-0.2, -0.15) is 14.9 Å². The van der Waals surface area contributed by atoms with Gasteiger partial charge in [0, 0.05) is 15.6 Å². The van der Waals surface area contributed by atoms with Gasteiger partial charge in [0.15, 0.2) is 5.82 Å². The highest BCUT2D eigenvalue weighted by atomic mass is 79.9. The number of aromatic nitrogens is 3. The minimum atomic E-state index is -0.374. The van der Waals surface area contributed by atoms with Gasteiger partial charge in [0.05, 0.1) is 12.3 Å². The molecule has 8 heteroatoms. The number of ether oxygens (including phenoxy) is 1. The summed E-state index contributed by atoms with van der Waals surface area (Å²) in [6.45, 7) is 3.92. The Balaban J connectivity index is 1.98. The third-order valence-corrected chi connectivity index (χ3v) is 4.14. The third-order valence-electron chi connectivity index (χ3n) is 3.38. The molecule has 1 N–H and O–H groups in total. The molecule has 5 nitrogen and oxygen atoms in total. The van der Waals surface area contributed by atoms with E-state index in [4.69, 9.17) is 17.0 Å². The highest BCUT2D eigenvalue weighted by Crippen LogP contribution is 2.23. The first-order chi connectivity index (χ1) is 12.4. The Morgan fingerprint density at radius 2 is 2.12 bits per heavy atom. The number of rotatable bonds is 5. The fourth-order valence-electron chi connectivity index (χ4n) is 2.30. The van der Waals surface area contributed by atoms with Gasteiger partial charge in [0.2, 0.25) is 4.77 Å². The van der Waals surface area contributed by atoms with Gasteiger partial charge < -0.3 is 4.74 Å². The first-order valence-electron chi connectivity index (χ1n) is 7.88. The van der Waals surface area contributed by atoms with Gasteiger partial charge >= 0.3 is 0 Å². The maximum Gasteiger partial charge on any atom is 0.216 e. The number of hydrogen-bond donors (Lipinski definition) is 1. The van der Waals surface area contributed by atoms with Crippen LogP contribution in [0.1, 0.15) is 19.4 Å². The van der Waals surface area contributed by atoms with Crippen molar-refractivity contribution in [2.75, 3.05) is 0 Å². The zero-order valence-electron chi connectivity index (χ0n) is 14.1. The molecular formula is C18H16BrFN4OS. The van der Waals surface area contributed by atoms with Crippen LogP contribution in [0.3, 0.4) is 0 Å². The van der Waals surface area contributed by atoms with Crippen LogP contribution in [-0.2, 0) is 0 Å². The molecule has 0 aliphatic heterocycles. The number of halogens is 2. The van der Waals surface area contributed by atoms with Crippen LogP contribution in [0.15, 0.2) is 52.0 Å². The number of aromatic amines is 1. The van der Waals surface area contributed by atoms with E-state index in [-0.39, 0.29) is 11.9 Å². The largest absolute Gasteiger partial charge is 0.491 e. The summed E-state index contributed by atoms with van der Waals surface area (Å²) < 4.78 is 22.1. The quantitative estimate of drug-likeness (QED) is 0.444. The fraction of sp³-hybridized carbons (Fsp3) is 0.167. The molecule has 2 aromatic carbocycles. The lowest BCUT2D eigenvalue weighted by atomic mass is 10.2. The van der Waals surface area contributed by atoms with Gasteiger partial charge in [-0.05, 0) is 56.4 Å². The van der Waals surface area contributed by atoms with Gasteiger partial charge in [0.25, 0.3) is 0 Å². The summed E-state index contributed by atoms with van der Waals surface area (Å²) in [5, 5.41) is 11.2. The van der Waals surface area contributed by atoms with Crippen LogP contribution < -0.4 is 4.74 Å². The molecule has 1 aromatic heterocycles. The number of hydrogen-bond acceptors (Lipinski definition) is 4. The molecule has 0 unspecified atom stereocenters. The van der Waals surface area contributed by atoms with E-state index < -0.39 is 0 Å². The molecule has 3 aromatic rings. The van der Waals surface area contributed by atoms with Gasteiger partial charge in [-0.1, -0.05) is 28.1 Å². The van der Waals surface area contributed by atoms with Crippen molar-refractivity contribution < 1.29 is 9.13 Å². The van der Waals surface area contributed by atoms with Gasteiger partial charge in [-0.25, -0.2) is 9.49 Å². The van der Waals surface area contributed by atoms with E-state index >= 15 is 0 Å². The Kier molecular flexibility index (Phi) is 5.63. The van der Waals surface area contributed by atoms with Crippen molar-refractivity contribution in [1.82, 2.24) is 14.9 Å². The minimum Gasteiger partial charge on any atom is -0.491 e. The maximum atomic E-state index is 13.9. The molecule has 0 bridgehead atoms. The standard InChI is InChI=1S/C18H16BrFN4OS/c1-11(2)25-15-5-3-4-12(9-15)17-22-23-18(26)24(17)21-10-13-8-14(19)6-7-16(13)20/h3-11H,1-2H3,(H,23,26). The van der Waals surface area contributed by atoms with E-state index in [0.717, 1.165) is 15.8 Å². The van der Waals surface area contributed by atoms with Crippen molar-refractivity contribution in [3.63, 3.8) is 0 Å². The average molecular weight is 435 g/mol. The Morgan fingerprint density at radius 3 is 2.88 bits per heavy atom. The molecule has 0 aliphatic rings. The molecular weight excluding hydrogens is 419 g/mol. The smallest absolute Gasteiger partial charge is 0.216 e. The number of H-pyrrole nitrogens is 1. The van der Waals surface area contributed by atoms with Crippen LogP contribution in [0.2, 0.25) is 0 Å². The Labute approximate surface area is 163 Å². The Morgan fingerprint density at radius 1 is 1.31 bits per heavy atom. The first kappa shape index (κ1) is 18.5. The first-order valence-corrected chi connectivity index (χ1v) is 9.08. The topological polar surface area (TPSA) is 55.2 Å². The third kappa shape index (κ3) is 4.25. The lowest BCUT2D eigenvalue weighted by molar-refractivity contribution is 0.242. The molecule has 0 saturated carbocycles. The van der Waals surface area contributed by atoms with Crippen molar-refractivity contribution in [2.45, 2.75) is 20.0 Å². The van der Waals surface area contributed by atoms with Gasteiger partial charge in [0.1, 0.15) is 11.6 Å². The lowest BCUT2D eigenvalue weighted by Crippen LogP contribution is -2.05. The fourth-order valence-corrected chi connectivity index (χ4v) is 2.86. The molecule has 0 radical (unpaired) electrons. The molecule has 0 fully saturated rings. The summed E-state index contributed by atoms with van der Waals surface area (Å²) in [7, 11) is 0. The van der Waals surface area contributed by atoms with Gasteiger partial charge in [-0.3, -0.25) is 0 Å². The molecule has 1 heterocycles. The highest BCUT2D eigenvalue weighted by molar-refractivity contribution is 9.10. The van der Waals surface area contributed by atoms with Crippen LogP contribution in [0.25, 0.3) is 11.4 Å². The maximum absolute atomic E-state index is 13.9. The predicted molar refractivity (Wildman–Crippen MR) is 106 cm³/mol. The lowest BCUT2D eigenvalue weighted by Gasteiger charge is -2.10. The minimum absolute atomic E-state index is 0.0589. The van der Waals surface area contributed by atoms with Crippen LogP contribution >= 0.6 is 28.1 Å². The number of benzene rings is 2. The van der Waals surface area contributed by atoms with E-state index in [1.807, 2.05) is 38.1 Å². The van der Waals surface area contributed by atoms with Crippen LogP contribution in [0.5, 0.6) is 5.75 Å². The number of nitrogens with one attached hydrogen (secondary N) is 1. The second-order valence-electron chi connectivity index (χ2n) is 5.77. The molecule has 0 spiro atoms. The van der Waals surface area contributed by atoms with Gasteiger partial charge in [-0.15, -0.1) is 0 Å². The summed E-state index contributed by atoms with van der Waals surface area (Å²) in [5.41, 5.74) is 1.12. The molecule has 0 saturated heterocycles. The van der Waals surface area contributed by atoms with Crippen LogP contribution in [-0.4, -0.2) is 27.2 Å². The molecule has 0 amide bonds. The monoisotopic (exact) mass is 434 g/mol. The van der Waals surface area contributed by atoms with E-state index in [1.54, 1.807) is 12.1 Å². The van der Waals surface area contributed by atoms with Crippen LogP contribution in [0, 0.1) is 10.6 Å². The summed E-state index contributed by atoms with van der Waals surface area (Å²) in [4.78, 5) is 0. The predicted octanol–water partition coefficient (Wildman–Crippen LogP) is 5.18. The normalized spacial score (nSPS) is 11.4. The van der Waals surface area contributed by atoms with Crippen molar-refractivity contribution in [1.29, 1.82) is 0 Å². The highest BCUT2D eigenvalue weighted by Gasteiger charge is 2.10.